The molecule has 1 aliphatic heterocycles. The van der Waals surface area contributed by atoms with Gasteiger partial charge in [0.1, 0.15) is 0 Å². The minimum atomic E-state index is 0.0190. The van der Waals surface area contributed by atoms with Gasteiger partial charge in [0.15, 0.2) is 5.13 Å². The van der Waals surface area contributed by atoms with E-state index in [9.17, 15) is 10.1 Å². The number of nitrogens with zero attached hydrogens (tertiary/aromatic N) is 4. The maximum absolute atomic E-state index is 13.4. The van der Waals surface area contributed by atoms with Gasteiger partial charge in [0.05, 0.1) is 17.3 Å². The predicted octanol–water partition coefficient (Wildman–Crippen LogP) is 4.34. The summed E-state index contributed by atoms with van der Waals surface area (Å²) >= 11 is 1.66. The van der Waals surface area contributed by atoms with Crippen LogP contribution in [0.4, 0.5) is 5.13 Å². The van der Waals surface area contributed by atoms with Crippen LogP contribution in [-0.2, 0) is 0 Å². The zero-order chi connectivity index (χ0) is 20.2. The van der Waals surface area contributed by atoms with Gasteiger partial charge < -0.3 is 9.80 Å². The molecular weight excluding hydrogens is 380 g/mol. The Kier molecular flexibility index (Phi) is 5.59. The Morgan fingerprint density at radius 1 is 1.03 bits per heavy atom. The molecule has 6 heteroatoms. The molecule has 5 nitrogen and oxygen atoms in total. The van der Waals surface area contributed by atoms with Crippen molar-refractivity contribution in [3.8, 4) is 17.2 Å². The smallest absolute Gasteiger partial charge is 0.254 e. The van der Waals surface area contributed by atoms with Crippen LogP contribution in [0.5, 0.6) is 0 Å². The van der Waals surface area contributed by atoms with Crippen LogP contribution in [0, 0.1) is 18.3 Å². The normalized spacial score (nSPS) is 14.3. The van der Waals surface area contributed by atoms with Gasteiger partial charge in [-0.3, -0.25) is 4.79 Å². The SMILES string of the molecule is Cc1csc(N2CCCN(C(=O)c3ccccc3-c3ccccc3C#N)CC2)n1. The first-order valence-corrected chi connectivity index (χ1v) is 10.6. The van der Waals surface area contributed by atoms with Gasteiger partial charge in [0, 0.05) is 42.7 Å². The zero-order valence-electron chi connectivity index (χ0n) is 16.3. The lowest BCUT2D eigenvalue weighted by Crippen LogP contribution is -2.35. The van der Waals surface area contributed by atoms with Crippen molar-refractivity contribution in [1.29, 1.82) is 5.26 Å². The lowest BCUT2D eigenvalue weighted by Gasteiger charge is -2.23. The minimum absolute atomic E-state index is 0.0190. The van der Waals surface area contributed by atoms with E-state index in [2.05, 4.69) is 21.3 Å². The first kappa shape index (κ1) is 19.2. The molecule has 1 fully saturated rings. The molecule has 1 aliphatic rings. The van der Waals surface area contributed by atoms with Crippen molar-refractivity contribution in [1.82, 2.24) is 9.88 Å². The van der Waals surface area contributed by atoms with Crippen LogP contribution < -0.4 is 4.90 Å². The van der Waals surface area contributed by atoms with Crippen LogP contribution in [-0.4, -0.2) is 42.0 Å². The fraction of sp³-hybridized carbons (Fsp3) is 0.261. The van der Waals surface area contributed by atoms with E-state index >= 15 is 0 Å². The van der Waals surface area contributed by atoms with Gasteiger partial charge in [-0.25, -0.2) is 4.98 Å². The second-order valence-corrected chi connectivity index (χ2v) is 7.94. The van der Waals surface area contributed by atoms with Crippen molar-refractivity contribution in [3.05, 3.63) is 70.7 Å². The summed E-state index contributed by atoms with van der Waals surface area (Å²) in [5.41, 5.74) is 3.87. The summed E-state index contributed by atoms with van der Waals surface area (Å²) in [5.74, 6) is 0.0190. The summed E-state index contributed by atoms with van der Waals surface area (Å²) < 4.78 is 0. The molecular formula is C23H22N4OS. The summed E-state index contributed by atoms with van der Waals surface area (Å²) in [6, 6.07) is 17.2. The molecule has 1 aromatic heterocycles. The van der Waals surface area contributed by atoms with E-state index in [-0.39, 0.29) is 5.91 Å². The summed E-state index contributed by atoms with van der Waals surface area (Å²) in [7, 11) is 0. The molecule has 146 valence electrons. The Morgan fingerprint density at radius 2 is 1.79 bits per heavy atom. The number of amides is 1. The minimum Gasteiger partial charge on any atom is -0.346 e. The molecule has 0 atom stereocenters. The summed E-state index contributed by atoms with van der Waals surface area (Å²) in [5, 5.41) is 12.6. The van der Waals surface area contributed by atoms with Gasteiger partial charge in [-0.1, -0.05) is 36.4 Å². The number of hydrogen-bond acceptors (Lipinski definition) is 5. The van der Waals surface area contributed by atoms with Crippen molar-refractivity contribution in [2.75, 3.05) is 31.1 Å². The van der Waals surface area contributed by atoms with Crippen molar-refractivity contribution in [2.45, 2.75) is 13.3 Å². The third-order valence-electron chi connectivity index (χ3n) is 5.16. The summed E-state index contributed by atoms with van der Waals surface area (Å²) in [6.07, 6.45) is 0.904. The maximum Gasteiger partial charge on any atom is 0.254 e. The molecule has 2 aromatic carbocycles. The predicted molar refractivity (Wildman–Crippen MR) is 116 cm³/mol. The summed E-state index contributed by atoms with van der Waals surface area (Å²) in [6.45, 7) is 5.05. The van der Waals surface area contributed by atoms with E-state index in [1.54, 1.807) is 17.4 Å². The molecule has 1 saturated heterocycles. The maximum atomic E-state index is 13.4. The molecule has 29 heavy (non-hydrogen) atoms. The van der Waals surface area contributed by atoms with Gasteiger partial charge in [-0.15, -0.1) is 11.3 Å². The lowest BCUT2D eigenvalue weighted by atomic mass is 9.95. The Labute approximate surface area is 174 Å². The molecule has 0 aliphatic carbocycles. The second-order valence-electron chi connectivity index (χ2n) is 7.11. The number of rotatable bonds is 3. The van der Waals surface area contributed by atoms with E-state index in [0.29, 0.717) is 24.2 Å². The number of thiazole rings is 1. The number of nitriles is 1. The molecule has 0 unspecified atom stereocenters. The fourth-order valence-electron chi connectivity index (χ4n) is 3.69. The average molecular weight is 403 g/mol. The van der Waals surface area contributed by atoms with Crippen molar-refractivity contribution >= 4 is 22.4 Å². The van der Waals surface area contributed by atoms with Crippen molar-refractivity contribution in [2.24, 2.45) is 0 Å². The Morgan fingerprint density at radius 3 is 2.55 bits per heavy atom. The first-order valence-electron chi connectivity index (χ1n) is 9.72. The molecule has 0 saturated carbocycles. The zero-order valence-corrected chi connectivity index (χ0v) is 17.2. The number of carbonyl (C=O) groups excluding carboxylic acids is 1. The number of hydrogen-bond donors (Lipinski definition) is 0. The highest BCUT2D eigenvalue weighted by atomic mass is 32.1. The van der Waals surface area contributed by atoms with Gasteiger partial charge in [-0.2, -0.15) is 5.26 Å². The standard InChI is InChI=1S/C23H22N4OS/c1-17-16-29-23(25-17)27-12-6-11-26(13-14-27)22(28)21-10-5-4-9-20(21)19-8-3-2-7-18(19)15-24/h2-5,7-10,16H,6,11-14H2,1H3. The van der Waals surface area contributed by atoms with Crippen LogP contribution in [0.15, 0.2) is 53.9 Å². The molecule has 0 bridgehead atoms. The first-order chi connectivity index (χ1) is 14.2. The van der Waals surface area contributed by atoms with Crippen LogP contribution in [0.25, 0.3) is 11.1 Å². The Bertz CT molecular complexity index is 1070. The van der Waals surface area contributed by atoms with Gasteiger partial charge in [0.25, 0.3) is 5.91 Å². The van der Waals surface area contributed by atoms with E-state index in [1.165, 1.54) is 0 Å². The average Bonchev–Trinajstić information content (AvgIpc) is 3.05. The second kappa shape index (κ2) is 8.46. The third-order valence-corrected chi connectivity index (χ3v) is 6.17. The van der Waals surface area contributed by atoms with Crippen LogP contribution in [0.2, 0.25) is 0 Å². The largest absolute Gasteiger partial charge is 0.346 e. The highest BCUT2D eigenvalue weighted by Crippen LogP contribution is 2.28. The van der Waals surface area contributed by atoms with Crippen molar-refractivity contribution < 1.29 is 4.79 Å². The van der Waals surface area contributed by atoms with Gasteiger partial charge in [-0.05, 0) is 31.0 Å². The number of carbonyl (C=O) groups is 1. The molecule has 0 spiro atoms. The highest BCUT2D eigenvalue weighted by molar-refractivity contribution is 7.13. The molecule has 4 rings (SSSR count). The van der Waals surface area contributed by atoms with Gasteiger partial charge in [0.2, 0.25) is 0 Å². The molecule has 0 N–H and O–H groups in total. The Hall–Kier alpha value is -3.17. The molecule has 3 aromatic rings. The van der Waals surface area contributed by atoms with Crippen LogP contribution in [0.1, 0.15) is 28.0 Å². The van der Waals surface area contributed by atoms with Crippen LogP contribution >= 0.6 is 11.3 Å². The Balaban J connectivity index is 1.58. The monoisotopic (exact) mass is 402 g/mol. The third kappa shape index (κ3) is 4.01. The van der Waals surface area contributed by atoms with E-state index in [1.807, 2.05) is 54.3 Å². The fourth-order valence-corrected chi connectivity index (χ4v) is 4.55. The number of anilines is 1. The highest BCUT2D eigenvalue weighted by Gasteiger charge is 2.24. The number of aryl methyl sites for hydroxylation is 1. The molecule has 2 heterocycles. The van der Waals surface area contributed by atoms with Crippen molar-refractivity contribution in [3.63, 3.8) is 0 Å². The molecule has 0 radical (unpaired) electrons. The number of benzene rings is 2. The summed E-state index contributed by atoms with van der Waals surface area (Å²) in [4.78, 5) is 22.2. The van der Waals surface area contributed by atoms with Crippen LogP contribution in [0.3, 0.4) is 0 Å². The molecule has 1 amide bonds. The van der Waals surface area contributed by atoms with E-state index < -0.39 is 0 Å². The number of aromatic nitrogens is 1. The lowest BCUT2D eigenvalue weighted by molar-refractivity contribution is 0.0768. The van der Waals surface area contributed by atoms with Gasteiger partial charge >= 0.3 is 0 Å². The van der Waals surface area contributed by atoms with E-state index in [0.717, 1.165) is 41.5 Å². The topological polar surface area (TPSA) is 60.2 Å². The van der Waals surface area contributed by atoms with E-state index in [4.69, 9.17) is 0 Å². The quantitative estimate of drug-likeness (QED) is 0.654.